The number of carbonyl (C=O) groups is 4. The van der Waals surface area contributed by atoms with Crippen molar-refractivity contribution in [3.8, 4) is 0 Å². The third-order valence-corrected chi connectivity index (χ3v) is 9.47. The van der Waals surface area contributed by atoms with Crippen molar-refractivity contribution in [1.82, 2.24) is 0 Å². The molecule has 0 radical (unpaired) electrons. The highest BCUT2D eigenvalue weighted by Crippen LogP contribution is 2.40. The summed E-state index contributed by atoms with van der Waals surface area (Å²) in [5, 5.41) is 18.9. The molecule has 0 saturated carbocycles. The Labute approximate surface area is 283 Å². The largest absolute Gasteiger partial charge is 0.465 e. The SMILES string of the molecule is COC(=O)c1c(NC(=O)C(Sc2cccc(NC(=O)c3cccc([N+](=O)[O-])c3)c2)c2ccccc2)sc(C(=O)Nc2ccccc2)c1C. The molecule has 0 aliphatic carbocycles. The zero-order valence-corrected chi connectivity index (χ0v) is 27.2. The number of carbonyl (C=O) groups excluding carboxylic acids is 4. The van der Waals surface area contributed by atoms with E-state index in [0.29, 0.717) is 27.4 Å². The molecule has 1 heterocycles. The fourth-order valence-electron chi connectivity index (χ4n) is 4.70. The van der Waals surface area contributed by atoms with Gasteiger partial charge in [-0.1, -0.05) is 60.7 Å². The summed E-state index contributed by atoms with van der Waals surface area (Å²) in [5.41, 5.74) is 2.02. The molecule has 1 aromatic heterocycles. The maximum Gasteiger partial charge on any atom is 0.341 e. The lowest BCUT2D eigenvalue weighted by atomic mass is 10.1. The van der Waals surface area contributed by atoms with Gasteiger partial charge in [0.15, 0.2) is 0 Å². The molecule has 5 rings (SSSR count). The summed E-state index contributed by atoms with van der Waals surface area (Å²) in [7, 11) is 1.22. The quantitative estimate of drug-likeness (QED) is 0.0554. The minimum absolute atomic E-state index is 0.0803. The number of hydrogen-bond donors (Lipinski definition) is 3. The predicted octanol–water partition coefficient (Wildman–Crippen LogP) is 7.73. The van der Waals surface area contributed by atoms with E-state index < -0.39 is 33.9 Å². The molecular formula is C35H28N4O7S2. The van der Waals surface area contributed by atoms with Crippen LogP contribution >= 0.6 is 23.1 Å². The lowest BCUT2D eigenvalue weighted by Crippen LogP contribution is -2.20. The molecule has 242 valence electrons. The minimum atomic E-state index is -0.816. The van der Waals surface area contributed by atoms with Crippen molar-refractivity contribution >= 4 is 68.9 Å². The Morgan fingerprint density at radius 1 is 0.792 bits per heavy atom. The van der Waals surface area contributed by atoms with Crippen molar-refractivity contribution < 1.29 is 28.8 Å². The molecule has 5 aromatic rings. The van der Waals surface area contributed by atoms with E-state index in [9.17, 15) is 29.3 Å². The number of ether oxygens (including phenoxy) is 1. The lowest BCUT2D eigenvalue weighted by molar-refractivity contribution is -0.384. The second-order valence-corrected chi connectivity index (χ2v) is 12.5. The molecule has 0 bridgehead atoms. The Morgan fingerprint density at radius 2 is 1.44 bits per heavy atom. The molecule has 13 heteroatoms. The van der Waals surface area contributed by atoms with Gasteiger partial charge in [-0.3, -0.25) is 24.5 Å². The number of amides is 3. The van der Waals surface area contributed by atoms with Gasteiger partial charge in [-0.15, -0.1) is 23.1 Å². The zero-order valence-electron chi connectivity index (χ0n) is 25.6. The van der Waals surface area contributed by atoms with Crippen LogP contribution in [-0.4, -0.2) is 35.7 Å². The normalized spacial score (nSPS) is 11.2. The van der Waals surface area contributed by atoms with E-state index in [0.717, 1.165) is 11.3 Å². The van der Waals surface area contributed by atoms with E-state index in [2.05, 4.69) is 16.0 Å². The van der Waals surface area contributed by atoms with Gasteiger partial charge in [0.25, 0.3) is 17.5 Å². The van der Waals surface area contributed by atoms with Crippen LogP contribution in [0.15, 0.2) is 114 Å². The number of thioether (sulfide) groups is 1. The topological polar surface area (TPSA) is 157 Å². The van der Waals surface area contributed by atoms with Gasteiger partial charge in [-0.05, 0) is 54.4 Å². The van der Waals surface area contributed by atoms with Crippen molar-refractivity contribution in [3.63, 3.8) is 0 Å². The molecule has 0 aliphatic heterocycles. The van der Waals surface area contributed by atoms with E-state index in [1.54, 1.807) is 79.7 Å². The maximum atomic E-state index is 14.0. The first-order chi connectivity index (χ1) is 23.1. The summed E-state index contributed by atoms with van der Waals surface area (Å²) in [6, 6.07) is 30.1. The number of hydrogen-bond acceptors (Lipinski definition) is 9. The lowest BCUT2D eigenvalue weighted by Gasteiger charge is -2.18. The third kappa shape index (κ3) is 7.94. The first kappa shape index (κ1) is 33.6. The number of anilines is 3. The van der Waals surface area contributed by atoms with E-state index in [4.69, 9.17) is 4.74 Å². The molecule has 1 atom stereocenters. The maximum absolute atomic E-state index is 14.0. The Kier molecular flexibility index (Phi) is 10.6. The number of nitrogens with zero attached hydrogens (tertiary/aromatic N) is 1. The predicted molar refractivity (Wildman–Crippen MR) is 186 cm³/mol. The van der Waals surface area contributed by atoms with Gasteiger partial charge in [0.2, 0.25) is 5.91 Å². The van der Waals surface area contributed by atoms with Gasteiger partial charge in [0.05, 0.1) is 22.5 Å². The first-order valence-electron chi connectivity index (χ1n) is 14.4. The number of para-hydroxylation sites is 1. The zero-order chi connectivity index (χ0) is 34.2. The number of esters is 1. The monoisotopic (exact) mass is 680 g/mol. The van der Waals surface area contributed by atoms with E-state index in [-0.39, 0.29) is 26.7 Å². The van der Waals surface area contributed by atoms with Crippen molar-refractivity contribution in [3.05, 3.63) is 146 Å². The van der Waals surface area contributed by atoms with E-state index in [1.165, 1.54) is 43.1 Å². The Hall–Kier alpha value is -5.79. The highest BCUT2D eigenvalue weighted by atomic mass is 32.2. The smallest absolute Gasteiger partial charge is 0.341 e. The Bertz CT molecular complexity index is 2000. The highest BCUT2D eigenvalue weighted by Gasteiger charge is 2.29. The fraction of sp³-hybridized carbons (Fsp3) is 0.0857. The van der Waals surface area contributed by atoms with Crippen LogP contribution in [0.3, 0.4) is 0 Å². The molecule has 3 N–H and O–H groups in total. The molecule has 48 heavy (non-hydrogen) atoms. The van der Waals surface area contributed by atoms with Crippen molar-refractivity contribution in [2.45, 2.75) is 17.1 Å². The Morgan fingerprint density at radius 3 is 2.12 bits per heavy atom. The van der Waals surface area contributed by atoms with Gasteiger partial charge >= 0.3 is 5.97 Å². The van der Waals surface area contributed by atoms with Crippen LogP contribution in [0.2, 0.25) is 0 Å². The Balaban J connectivity index is 1.40. The van der Waals surface area contributed by atoms with Crippen LogP contribution in [-0.2, 0) is 9.53 Å². The van der Waals surface area contributed by atoms with Crippen LogP contribution < -0.4 is 16.0 Å². The van der Waals surface area contributed by atoms with Gasteiger partial charge in [0, 0.05) is 34.0 Å². The number of methoxy groups -OCH3 is 1. The number of benzene rings is 4. The summed E-state index contributed by atoms with van der Waals surface area (Å²) in [5.74, 6) is -2.13. The highest BCUT2D eigenvalue weighted by molar-refractivity contribution is 8.00. The van der Waals surface area contributed by atoms with Crippen LogP contribution in [0.4, 0.5) is 22.1 Å². The average Bonchev–Trinajstić information content (AvgIpc) is 3.42. The summed E-state index contributed by atoms with van der Waals surface area (Å²) in [6.07, 6.45) is 0. The second kappa shape index (κ2) is 15.2. The molecule has 1 unspecified atom stereocenters. The van der Waals surface area contributed by atoms with E-state index in [1.807, 2.05) is 12.1 Å². The number of rotatable bonds is 11. The average molecular weight is 681 g/mol. The second-order valence-electron chi connectivity index (χ2n) is 10.3. The van der Waals surface area contributed by atoms with E-state index >= 15 is 0 Å². The molecule has 0 spiro atoms. The first-order valence-corrected chi connectivity index (χ1v) is 16.1. The van der Waals surface area contributed by atoms with Crippen molar-refractivity contribution in [2.75, 3.05) is 23.1 Å². The van der Waals surface area contributed by atoms with Gasteiger partial charge in [-0.25, -0.2) is 4.79 Å². The number of nitrogens with one attached hydrogen (secondary N) is 3. The van der Waals surface area contributed by atoms with Crippen LogP contribution in [0, 0.1) is 17.0 Å². The van der Waals surface area contributed by atoms with Crippen molar-refractivity contribution in [2.24, 2.45) is 0 Å². The fourth-order valence-corrected chi connectivity index (χ4v) is 6.88. The molecule has 0 saturated heterocycles. The molecule has 0 aliphatic rings. The summed E-state index contributed by atoms with van der Waals surface area (Å²) in [6.45, 7) is 1.62. The number of non-ortho nitro benzene ring substituents is 1. The molecule has 0 fully saturated rings. The number of nitro benzene ring substituents is 1. The summed E-state index contributed by atoms with van der Waals surface area (Å²) in [4.78, 5) is 64.4. The molecule has 3 amide bonds. The van der Waals surface area contributed by atoms with Gasteiger partial charge in [-0.2, -0.15) is 0 Å². The molecule has 4 aromatic carbocycles. The number of nitro groups is 1. The van der Waals surface area contributed by atoms with Crippen molar-refractivity contribution in [1.29, 1.82) is 0 Å². The van der Waals surface area contributed by atoms with Gasteiger partial charge in [0.1, 0.15) is 10.3 Å². The van der Waals surface area contributed by atoms with Crippen LogP contribution in [0.5, 0.6) is 0 Å². The third-order valence-electron chi connectivity index (χ3n) is 7.02. The summed E-state index contributed by atoms with van der Waals surface area (Å²) < 4.78 is 5.00. The molecular weight excluding hydrogens is 653 g/mol. The van der Waals surface area contributed by atoms with Crippen LogP contribution in [0.25, 0.3) is 0 Å². The number of thiophene rings is 1. The molecule has 11 nitrogen and oxygen atoms in total. The summed E-state index contributed by atoms with van der Waals surface area (Å²) >= 11 is 2.18. The minimum Gasteiger partial charge on any atom is -0.465 e. The van der Waals surface area contributed by atoms with Crippen LogP contribution in [0.1, 0.15) is 46.8 Å². The standard InChI is InChI=1S/C35H28N4O7S2/c1-21-28(35(43)46-2)34(48-29(21)32(41)36-24-14-7-4-8-15-24)38-33(42)30(22-11-5-3-6-12-22)47-27-18-10-16-25(20-27)37-31(40)23-13-9-17-26(19-23)39(44)45/h3-20,30H,1-2H3,(H,36,41)(H,37,40)(H,38,42). The van der Waals surface area contributed by atoms with Gasteiger partial charge < -0.3 is 20.7 Å².